The van der Waals surface area contributed by atoms with Crippen LogP contribution in [0.4, 0.5) is 5.69 Å². The van der Waals surface area contributed by atoms with Crippen molar-refractivity contribution in [3.8, 4) is 5.69 Å². The highest BCUT2D eigenvalue weighted by molar-refractivity contribution is 7.09. The standard InChI is InChI=1S/C23H25N5O5S/c1-2-33-23(31)19-14-34-20(27-19)7-9-24-21(29)15-3-5-18(6-4-15)28-12-17(11-25-28)26-22(30)16-8-10-32-13-16/h3-6,11-12,14,16H,2,7-10,13H2,1H3,(H,24,29)(H,26,30)/t16-/m1/s1. The van der Waals surface area contributed by atoms with Gasteiger partial charge in [0.15, 0.2) is 5.69 Å². The molecule has 1 saturated heterocycles. The highest BCUT2D eigenvalue weighted by Crippen LogP contribution is 2.17. The van der Waals surface area contributed by atoms with Crippen molar-refractivity contribution in [2.45, 2.75) is 19.8 Å². The third-order valence-corrected chi connectivity index (χ3v) is 6.11. The van der Waals surface area contributed by atoms with E-state index in [0.717, 1.165) is 17.1 Å². The molecule has 34 heavy (non-hydrogen) atoms. The van der Waals surface area contributed by atoms with Crippen LogP contribution in [0.2, 0.25) is 0 Å². The molecule has 0 radical (unpaired) electrons. The number of carbonyl (C=O) groups is 3. The summed E-state index contributed by atoms with van der Waals surface area (Å²) in [5.41, 5.74) is 2.16. The summed E-state index contributed by atoms with van der Waals surface area (Å²) in [6.45, 7) is 3.49. The van der Waals surface area contributed by atoms with E-state index in [1.54, 1.807) is 53.6 Å². The fraction of sp³-hybridized carbons (Fsp3) is 0.348. The monoisotopic (exact) mass is 483 g/mol. The Hall–Kier alpha value is -3.57. The maximum absolute atomic E-state index is 12.5. The summed E-state index contributed by atoms with van der Waals surface area (Å²) in [5, 5.41) is 12.4. The van der Waals surface area contributed by atoms with Crippen molar-refractivity contribution in [1.29, 1.82) is 0 Å². The first-order valence-electron chi connectivity index (χ1n) is 11.0. The first-order chi connectivity index (χ1) is 16.5. The topological polar surface area (TPSA) is 124 Å². The number of benzene rings is 1. The van der Waals surface area contributed by atoms with Crippen molar-refractivity contribution in [3.63, 3.8) is 0 Å². The van der Waals surface area contributed by atoms with E-state index in [-0.39, 0.29) is 23.4 Å². The van der Waals surface area contributed by atoms with Gasteiger partial charge in [0.2, 0.25) is 5.91 Å². The zero-order chi connectivity index (χ0) is 23.9. The SMILES string of the molecule is CCOC(=O)c1csc(CCNC(=O)c2ccc(-n3cc(NC(=O)[C@@H]4CCOC4)cn3)cc2)n1. The van der Waals surface area contributed by atoms with E-state index in [0.29, 0.717) is 44.0 Å². The summed E-state index contributed by atoms with van der Waals surface area (Å²) in [6.07, 6.45) is 4.55. The lowest BCUT2D eigenvalue weighted by atomic mass is 10.1. The highest BCUT2D eigenvalue weighted by atomic mass is 32.1. The quantitative estimate of drug-likeness (QED) is 0.448. The minimum atomic E-state index is -0.441. The zero-order valence-electron chi connectivity index (χ0n) is 18.7. The van der Waals surface area contributed by atoms with Gasteiger partial charge >= 0.3 is 5.97 Å². The molecule has 0 saturated carbocycles. The Bertz CT molecular complexity index is 1150. The first-order valence-corrected chi connectivity index (χ1v) is 11.8. The summed E-state index contributed by atoms with van der Waals surface area (Å²) in [5.74, 6) is -0.847. The van der Waals surface area contributed by atoms with E-state index in [1.807, 2.05) is 0 Å². The van der Waals surface area contributed by atoms with E-state index in [1.165, 1.54) is 11.3 Å². The molecule has 0 aliphatic carbocycles. The third kappa shape index (κ3) is 5.86. The number of carbonyl (C=O) groups excluding carboxylic acids is 3. The van der Waals surface area contributed by atoms with Gasteiger partial charge in [-0.25, -0.2) is 14.5 Å². The smallest absolute Gasteiger partial charge is 0.357 e. The zero-order valence-corrected chi connectivity index (χ0v) is 19.5. The number of nitrogens with zero attached hydrogens (tertiary/aromatic N) is 3. The number of hydrogen-bond acceptors (Lipinski definition) is 8. The Kier molecular flexibility index (Phi) is 7.65. The number of hydrogen-bond donors (Lipinski definition) is 2. The normalized spacial score (nSPS) is 15.1. The molecule has 1 aliphatic heterocycles. The molecule has 2 N–H and O–H groups in total. The largest absolute Gasteiger partial charge is 0.461 e. The predicted octanol–water partition coefficient (Wildman–Crippen LogP) is 2.45. The minimum absolute atomic E-state index is 0.0704. The molecule has 178 valence electrons. The first kappa shape index (κ1) is 23.6. The molecule has 1 aliphatic rings. The fourth-order valence-electron chi connectivity index (χ4n) is 3.39. The summed E-state index contributed by atoms with van der Waals surface area (Å²) in [4.78, 5) is 40.6. The summed E-state index contributed by atoms with van der Waals surface area (Å²) >= 11 is 1.36. The Morgan fingerprint density at radius 1 is 1.26 bits per heavy atom. The van der Waals surface area contributed by atoms with Crippen LogP contribution in [0.15, 0.2) is 42.0 Å². The van der Waals surface area contributed by atoms with Gasteiger partial charge in [-0.2, -0.15) is 5.10 Å². The molecule has 0 spiro atoms. The van der Waals surface area contributed by atoms with E-state index >= 15 is 0 Å². The molecular weight excluding hydrogens is 458 g/mol. The van der Waals surface area contributed by atoms with Crippen molar-refractivity contribution >= 4 is 34.8 Å². The van der Waals surface area contributed by atoms with E-state index < -0.39 is 5.97 Å². The van der Waals surface area contributed by atoms with E-state index in [2.05, 4.69) is 20.7 Å². The number of anilines is 1. The molecule has 0 unspecified atom stereocenters. The lowest BCUT2D eigenvalue weighted by molar-refractivity contribution is -0.119. The van der Waals surface area contributed by atoms with Crippen molar-refractivity contribution in [2.24, 2.45) is 5.92 Å². The van der Waals surface area contributed by atoms with Crippen molar-refractivity contribution in [2.75, 3.05) is 31.7 Å². The molecule has 2 amide bonds. The van der Waals surface area contributed by atoms with Gasteiger partial charge in [0.05, 0.1) is 47.9 Å². The average Bonchev–Trinajstić information content (AvgIpc) is 3.61. The Balaban J connectivity index is 1.27. The van der Waals surface area contributed by atoms with E-state index in [9.17, 15) is 14.4 Å². The van der Waals surface area contributed by atoms with Crippen LogP contribution in [-0.4, -0.2) is 58.9 Å². The molecule has 3 heterocycles. The Labute approximate surface area is 200 Å². The maximum Gasteiger partial charge on any atom is 0.357 e. The number of rotatable bonds is 9. The number of thiazole rings is 1. The average molecular weight is 484 g/mol. The van der Waals surface area contributed by atoms with Gasteiger partial charge in [-0.1, -0.05) is 0 Å². The van der Waals surface area contributed by atoms with Crippen LogP contribution >= 0.6 is 11.3 Å². The van der Waals surface area contributed by atoms with Gasteiger partial charge < -0.3 is 20.1 Å². The summed E-state index contributed by atoms with van der Waals surface area (Å²) in [6, 6.07) is 6.99. The van der Waals surface area contributed by atoms with Gasteiger partial charge in [0, 0.05) is 30.5 Å². The molecule has 2 aromatic heterocycles. The molecule has 1 atom stereocenters. The molecule has 0 bridgehead atoms. The second-order valence-corrected chi connectivity index (χ2v) is 8.57. The van der Waals surface area contributed by atoms with Crippen LogP contribution in [0.25, 0.3) is 5.69 Å². The van der Waals surface area contributed by atoms with Crippen LogP contribution in [0, 0.1) is 5.92 Å². The van der Waals surface area contributed by atoms with Crippen molar-refractivity contribution in [3.05, 3.63) is 58.3 Å². The van der Waals surface area contributed by atoms with Gasteiger partial charge in [-0.15, -0.1) is 11.3 Å². The summed E-state index contributed by atoms with van der Waals surface area (Å²) < 4.78 is 11.8. The van der Waals surface area contributed by atoms with Crippen molar-refractivity contribution in [1.82, 2.24) is 20.1 Å². The Morgan fingerprint density at radius 2 is 2.09 bits per heavy atom. The number of nitrogens with one attached hydrogen (secondary N) is 2. The van der Waals surface area contributed by atoms with Crippen LogP contribution in [0.5, 0.6) is 0 Å². The number of aromatic nitrogens is 3. The molecule has 4 rings (SSSR count). The van der Waals surface area contributed by atoms with Gasteiger partial charge in [0.1, 0.15) is 0 Å². The van der Waals surface area contributed by atoms with Crippen molar-refractivity contribution < 1.29 is 23.9 Å². The minimum Gasteiger partial charge on any atom is -0.461 e. The molecule has 1 fully saturated rings. The summed E-state index contributed by atoms with van der Waals surface area (Å²) in [7, 11) is 0. The van der Waals surface area contributed by atoms with Gasteiger partial charge in [-0.05, 0) is 37.6 Å². The predicted molar refractivity (Wildman–Crippen MR) is 125 cm³/mol. The molecule has 11 heteroatoms. The second-order valence-electron chi connectivity index (χ2n) is 7.62. The van der Waals surface area contributed by atoms with Crippen LogP contribution in [0.3, 0.4) is 0 Å². The number of amides is 2. The molecule has 10 nitrogen and oxygen atoms in total. The van der Waals surface area contributed by atoms with Crippen LogP contribution in [-0.2, 0) is 20.7 Å². The molecule has 3 aromatic rings. The molecular formula is C23H25N5O5S. The third-order valence-electron chi connectivity index (χ3n) is 5.21. The second kappa shape index (κ2) is 11.0. The van der Waals surface area contributed by atoms with Crippen LogP contribution in [0.1, 0.15) is 39.2 Å². The van der Waals surface area contributed by atoms with E-state index in [4.69, 9.17) is 9.47 Å². The lowest BCUT2D eigenvalue weighted by Crippen LogP contribution is -2.25. The van der Waals surface area contributed by atoms with Gasteiger partial charge in [0.25, 0.3) is 5.91 Å². The Morgan fingerprint density at radius 3 is 2.82 bits per heavy atom. The number of esters is 1. The van der Waals surface area contributed by atoms with Crippen LogP contribution < -0.4 is 10.6 Å². The van der Waals surface area contributed by atoms with Gasteiger partial charge in [-0.3, -0.25) is 9.59 Å². The lowest BCUT2D eigenvalue weighted by Gasteiger charge is -2.07. The number of ether oxygens (including phenoxy) is 2. The highest BCUT2D eigenvalue weighted by Gasteiger charge is 2.23. The molecule has 1 aromatic carbocycles. The fourth-order valence-corrected chi connectivity index (χ4v) is 4.16. The maximum atomic E-state index is 12.5.